The van der Waals surface area contributed by atoms with Crippen LogP contribution in [-0.2, 0) is 9.59 Å². The maximum atomic E-state index is 11.4. The maximum absolute atomic E-state index is 11.4. The van der Waals surface area contributed by atoms with E-state index in [9.17, 15) is 9.59 Å². The van der Waals surface area contributed by atoms with Crippen molar-refractivity contribution in [2.75, 3.05) is 12.4 Å². The number of benzene rings is 2. The molecule has 0 aliphatic carbocycles. The molecule has 0 saturated carbocycles. The quantitative estimate of drug-likeness (QED) is 0.412. The molecule has 2 aromatic carbocycles. The molecule has 0 aliphatic rings. The van der Waals surface area contributed by atoms with E-state index in [1.54, 1.807) is 12.1 Å². The van der Waals surface area contributed by atoms with E-state index in [0.29, 0.717) is 5.02 Å². The van der Waals surface area contributed by atoms with Crippen LogP contribution in [0.25, 0.3) is 0 Å². The van der Waals surface area contributed by atoms with E-state index in [1.807, 2.05) is 30.3 Å². The second kappa shape index (κ2) is 8.47. The summed E-state index contributed by atoms with van der Waals surface area (Å²) < 4.78 is 0.850. The number of hydrazone groups is 1. The van der Waals surface area contributed by atoms with Crippen molar-refractivity contribution in [1.82, 2.24) is 10.7 Å². The number of carbonyl (C=O) groups excluding carboxylic acids is 2. The first-order valence-corrected chi connectivity index (χ1v) is 8.04. The lowest BCUT2D eigenvalue weighted by molar-refractivity contribution is -0.138. The van der Waals surface area contributed by atoms with E-state index in [1.165, 1.54) is 13.3 Å². The number of rotatable bonds is 4. The van der Waals surface area contributed by atoms with Gasteiger partial charge in [-0.25, -0.2) is 5.43 Å². The molecule has 2 aromatic rings. The van der Waals surface area contributed by atoms with Crippen LogP contribution in [0.5, 0.6) is 0 Å². The number of nitrogens with zero attached hydrogens (tertiary/aromatic N) is 1. The molecule has 124 valence electrons. The van der Waals surface area contributed by atoms with Gasteiger partial charge in [0.05, 0.1) is 6.21 Å². The van der Waals surface area contributed by atoms with E-state index >= 15 is 0 Å². The summed E-state index contributed by atoms with van der Waals surface area (Å²) in [5, 5.41) is 9.90. The third-order valence-corrected chi connectivity index (χ3v) is 3.69. The van der Waals surface area contributed by atoms with Gasteiger partial charge in [0.25, 0.3) is 0 Å². The summed E-state index contributed by atoms with van der Waals surface area (Å²) in [6, 6.07) is 12.8. The minimum Gasteiger partial charge on any atom is -0.355 e. The molecule has 3 N–H and O–H groups in total. The lowest BCUT2D eigenvalue weighted by Crippen LogP contribution is -2.35. The Morgan fingerprint density at radius 2 is 1.83 bits per heavy atom. The molecule has 2 amide bonds. The van der Waals surface area contributed by atoms with Crippen LogP contribution in [0.4, 0.5) is 11.4 Å². The van der Waals surface area contributed by atoms with Gasteiger partial charge in [-0.15, -0.1) is 0 Å². The lowest BCUT2D eigenvalue weighted by Gasteiger charge is -2.10. The Bertz CT molecular complexity index is 778. The first kappa shape index (κ1) is 18.0. The van der Waals surface area contributed by atoms with Gasteiger partial charge >= 0.3 is 11.8 Å². The number of carbonyl (C=O) groups is 2. The molecule has 0 aromatic heterocycles. The van der Waals surface area contributed by atoms with E-state index in [4.69, 9.17) is 11.6 Å². The molecule has 0 radical (unpaired) electrons. The van der Waals surface area contributed by atoms with E-state index in [-0.39, 0.29) is 0 Å². The van der Waals surface area contributed by atoms with Crippen LogP contribution in [-0.4, -0.2) is 25.1 Å². The number of halogens is 2. The van der Waals surface area contributed by atoms with E-state index < -0.39 is 11.8 Å². The normalized spacial score (nSPS) is 10.5. The fraction of sp³-hybridized carbons (Fsp3) is 0.0625. The molecule has 0 fully saturated rings. The highest BCUT2D eigenvalue weighted by molar-refractivity contribution is 9.10. The largest absolute Gasteiger partial charge is 0.355 e. The van der Waals surface area contributed by atoms with Crippen LogP contribution in [0.3, 0.4) is 0 Å². The average molecular weight is 410 g/mol. The summed E-state index contributed by atoms with van der Waals surface area (Å²) in [4.78, 5) is 22.5. The Morgan fingerprint density at radius 1 is 1.12 bits per heavy atom. The summed E-state index contributed by atoms with van der Waals surface area (Å²) >= 11 is 9.26. The van der Waals surface area contributed by atoms with Crippen LogP contribution in [0.15, 0.2) is 52.0 Å². The third-order valence-electron chi connectivity index (χ3n) is 2.94. The molecule has 8 heteroatoms. The van der Waals surface area contributed by atoms with E-state index in [0.717, 1.165) is 21.4 Å². The predicted octanol–water partition coefficient (Wildman–Crippen LogP) is 3.04. The van der Waals surface area contributed by atoms with Crippen LogP contribution in [0, 0.1) is 0 Å². The molecule has 0 heterocycles. The number of amides is 2. The molecule has 2 rings (SSSR count). The fourth-order valence-corrected chi connectivity index (χ4v) is 2.27. The molecule has 0 aliphatic heterocycles. The van der Waals surface area contributed by atoms with Gasteiger partial charge in [0.2, 0.25) is 0 Å². The third kappa shape index (κ3) is 5.07. The molecule has 0 atom stereocenters. The van der Waals surface area contributed by atoms with E-state index in [2.05, 4.69) is 37.1 Å². The van der Waals surface area contributed by atoms with Gasteiger partial charge in [0.1, 0.15) is 0 Å². The summed E-state index contributed by atoms with van der Waals surface area (Å²) in [7, 11) is 1.37. The fourth-order valence-electron chi connectivity index (χ4n) is 1.77. The Labute approximate surface area is 152 Å². The molecule has 0 bridgehead atoms. The van der Waals surface area contributed by atoms with Crippen LogP contribution in [0.2, 0.25) is 5.02 Å². The van der Waals surface area contributed by atoms with Gasteiger partial charge in [-0.3, -0.25) is 9.59 Å². The van der Waals surface area contributed by atoms with Crippen LogP contribution in [0.1, 0.15) is 5.56 Å². The lowest BCUT2D eigenvalue weighted by atomic mass is 10.2. The van der Waals surface area contributed by atoms with Gasteiger partial charge in [0, 0.05) is 33.5 Å². The van der Waals surface area contributed by atoms with Crippen molar-refractivity contribution >= 4 is 56.9 Å². The van der Waals surface area contributed by atoms with Gasteiger partial charge in [-0.1, -0.05) is 27.5 Å². The minimum absolute atomic E-state index is 0.648. The molecule has 24 heavy (non-hydrogen) atoms. The first-order valence-electron chi connectivity index (χ1n) is 6.87. The second-order valence-corrected chi connectivity index (χ2v) is 5.99. The summed E-state index contributed by atoms with van der Waals surface area (Å²) in [6.45, 7) is 0. The zero-order valence-electron chi connectivity index (χ0n) is 12.6. The average Bonchev–Trinajstić information content (AvgIpc) is 2.58. The van der Waals surface area contributed by atoms with Crippen LogP contribution < -0.4 is 16.1 Å². The maximum Gasteiger partial charge on any atom is 0.329 e. The monoisotopic (exact) mass is 408 g/mol. The standard InChI is InChI=1S/C16H14BrClN4O2/c1-19-15(23)16(24)22-20-9-10-8-11(17)2-7-14(10)21-13-5-3-12(18)4-6-13/h2-9,21H,1H3,(H,19,23)(H,22,24)/b20-9-. The number of anilines is 2. The Kier molecular flexibility index (Phi) is 6.34. The van der Waals surface area contributed by atoms with Crippen molar-refractivity contribution in [3.63, 3.8) is 0 Å². The summed E-state index contributed by atoms with van der Waals surface area (Å²) in [5.74, 6) is -1.60. The highest BCUT2D eigenvalue weighted by Crippen LogP contribution is 2.24. The zero-order valence-corrected chi connectivity index (χ0v) is 15.0. The molecule has 0 saturated heterocycles. The highest BCUT2D eigenvalue weighted by Gasteiger charge is 2.09. The SMILES string of the molecule is CNC(=O)C(=O)N/N=C\c1cc(Br)ccc1Nc1ccc(Cl)cc1. The van der Waals surface area contributed by atoms with Crippen molar-refractivity contribution in [3.8, 4) is 0 Å². The van der Waals surface area contributed by atoms with Crippen molar-refractivity contribution in [3.05, 3.63) is 57.5 Å². The van der Waals surface area contributed by atoms with Crippen LogP contribution >= 0.6 is 27.5 Å². The summed E-state index contributed by atoms with van der Waals surface area (Å²) in [5.41, 5.74) is 4.51. The minimum atomic E-state index is -0.837. The Balaban J connectivity index is 2.16. The molecular formula is C16H14BrClN4O2. The Morgan fingerprint density at radius 3 is 2.50 bits per heavy atom. The molecule has 0 spiro atoms. The Hall–Kier alpha value is -2.38. The number of hydrogen-bond donors (Lipinski definition) is 3. The van der Waals surface area contributed by atoms with Crippen molar-refractivity contribution in [2.45, 2.75) is 0 Å². The topological polar surface area (TPSA) is 82.6 Å². The molecule has 0 unspecified atom stereocenters. The summed E-state index contributed by atoms with van der Waals surface area (Å²) in [6.07, 6.45) is 1.45. The first-order chi connectivity index (χ1) is 11.5. The highest BCUT2D eigenvalue weighted by atomic mass is 79.9. The second-order valence-electron chi connectivity index (χ2n) is 4.64. The number of likely N-dealkylation sites (N-methyl/N-ethyl adjacent to an activating group) is 1. The zero-order chi connectivity index (χ0) is 17.5. The van der Waals surface area contributed by atoms with Crippen molar-refractivity contribution in [2.24, 2.45) is 5.10 Å². The van der Waals surface area contributed by atoms with Gasteiger partial charge in [0.15, 0.2) is 0 Å². The molecule has 6 nitrogen and oxygen atoms in total. The molecular weight excluding hydrogens is 396 g/mol. The van der Waals surface area contributed by atoms with Gasteiger partial charge in [-0.05, 0) is 42.5 Å². The van der Waals surface area contributed by atoms with Gasteiger partial charge in [-0.2, -0.15) is 5.10 Å². The number of hydrogen-bond acceptors (Lipinski definition) is 4. The van der Waals surface area contributed by atoms with Crippen molar-refractivity contribution in [1.29, 1.82) is 0 Å². The van der Waals surface area contributed by atoms with Gasteiger partial charge < -0.3 is 10.6 Å². The smallest absolute Gasteiger partial charge is 0.329 e. The number of nitrogens with one attached hydrogen (secondary N) is 3. The predicted molar refractivity (Wildman–Crippen MR) is 98.7 cm³/mol. The van der Waals surface area contributed by atoms with Crippen molar-refractivity contribution < 1.29 is 9.59 Å².